The molecule has 1 aliphatic carbocycles. The van der Waals surface area contributed by atoms with Crippen LogP contribution >= 0.6 is 12.4 Å². The number of rotatable bonds is 8. The Bertz CT molecular complexity index is 1060. The number of methoxy groups -OCH3 is 2. The minimum Gasteiger partial charge on any atom is -0.497 e. The van der Waals surface area contributed by atoms with E-state index in [-0.39, 0.29) is 18.4 Å². The van der Waals surface area contributed by atoms with Gasteiger partial charge in [-0.15, -0.1) is 17.5 Å². The summed E-state index contributed by atoms with van der Waals surface area (Å²) in [6.07, 6.45) is 4.72. The average molecular weight is 499 g/mol. The van der Waals surface area contributed by atoms with E-state index in [2.05, 4.69) is 66.4 Å². The first-order valence-corrected chi connectivity index (χ1v) is 12.3. The van der Waals surface area contributed by atoms with E-state index in [1.54, 1.807) is 14.2 Å². The zero-order valence-electron chi connectivity index (χ0n) is 20.5. The molecule has 8 nitrogen and oxygen atoms in total. The molecule has 2 heterocycles. The minimum absolute atomic E-state index is 0. The third-order valence-corrected chi connectivity index (χ3v) is 7.19. The van der Waals surface area contributed by atoms with E-state index >= 15 is 0 Å². The van der Waals surface area contributed by atoms with Crippen molar-refractivity contribution in [3.8, 4) is 11.5 Å². The van der Waals surface area contributed by atoms with Crippen LogP contribution in [0.3, 0.4) is 0 Å². The molecule has 0 bridgehead atoms. The number of halogens is 1. The molecule has 3 aromatic rings. The van der Waals surface area contributed by atoms with Crippen LogP contribution in [0.2, 0.25) is 0 Å². The molecule has 0 spiro atoms. The molecule has 1 aliphatic heterocycles. The Kier molecular flexibility index (Phi) is 8.59. The summed E-state index contributed by atoms with van der Waals surface area (Å²) in [6.45, 7) is 4.80. The largest absolute Gasteiger partial charge is 0.497 e. The Hall–Kier alpha value is -2.68. The summed E-state index contributed by atoms with van der Waals surface area (Å²) in [6, 6.07) is 17.0. The van der Waals surface area contributed by atoms with Crippen LogP contribution in [0, 0.1) is 0 Å². The van der Waals surface area contributed by atoms with Crippen LogP contribution in [0.5, 0.6) is 11.5 Å². The van der Waals surface area contributed by atoms with E-state index in [1.165, 1.54) is 18.4 Å². The second-order valence-electron chi connectivity index (χ2n) is 9.23. The van der Waals surface area contributed by atoms with Gasteiger partial charge in [0, 0.05) is 38.3 Å². The summed E-state index contributed by atoms with van der Waals surface area (Å²) >= 11 is 0. The lowest BCUT2D eigenvalue weighted by molar-refractivity contribution is 0.0982. The van der Waals surface area contributed by atoms with E-state index < -0.39 is 0 Å². The van der Waals surface area contributed by atoms with Gasteiger partial charge in [0.25, 0.3) is 0 Å². The molecule has 0 N–H and O–H groups in total. The van der Waals surface area contributed by atoms with E-state index in [0.717, 1.165) is 68.5 Å². The fraction of sp³-hybridized carbons (Fsp3) is 0.500. The van der Waals surface area contributed by atoms with E-state index in [0.29, 0.717) is 6.04 Å². The molecule has 2 aromatic carbocycles. The molecule has 2 fully saturated rings. The van der Waals surface area contributed by atoms with Crippen molar-refractivity contribution in [3.05, 3.63) is 65.5 Å². The number of benzene rings is 2. The van der Waals surface area contributed by atoms with Crippen LogP contribution in [0.1, 0.15) is 54.7 Å². The predicted molar refractivity (Wildman–Crippen MR) is 137 cm³/mol. The molecular formula is C26H35ClN6O2. The van der Waals surface area contributed by atoms with Gasteiger partial charge in [-0.2, -0.15) is 0 Å². The Morgan fingerprint density at radius 3 is 2.37 bits per heavy atom. The minimum atomic E-state index is -0.0977. The first-order valence-electron chi connectivity index (χ1n) is 12.3. The third-order valence-electron chi connectivity index (χ3n) is 7.19. The first-order chi connectivity index (χ1) is 16.8. The highest BCUT2D eigenvalue weighted by Crippen LogP contribution is 2.39. The fourth-order valence-corrected chi connectivity index (χ4v) is 5.36. The van der Waals surface area contributed by atoms with Crippen molar-refractivity contribution < 1.29 is 9.47 Å². The maximum atomic E-state index is 5.81. The lowest BCUT2D eigenvalue weighted by Gasteiger charge is -2.39. The van der Waals surface area contributed by atoms with Crippen LogP contribution in [0.25, 0.3) is 0 Å². The Morgan fingerprint density at radius 2 is 1.69 bits per heavy atom. The summed E-state index contributed by atoms with van der Waals surface area (Å²) in [7, 11) is 3.42. The lowest BCUT2D eigenvalue weighted by Crippen LogP contribution is -2.48. The highest BCUT2D eigenvalue weighted by atomic mass is 35.5. The molecule has 188 valence electrons. The number of aromatic nitrogens is 4. The van der Waals surface area contributed by atoms with Gasteiger partial charge in [-0.05, 0) is 47.0 Å². The summed E-state index contributed by atoms with van der Waals surface area (Å²) in [5.74, 6) is 2.54. The van der Waals surface area contributed by atoms with Crippen molar-refractivity contribution in [2.45, 2.75) is 44.3 Å². The highest BCUT2D eigenvalue weighted by Gasteiger charge is 2.35. The number of hydrogen-bond donors (Lipinski definition) is 0. The molecular weight excluding hydrogens is 464 g/mol. The zero-order chi connectivity index (χ0) is 23.3. The molecule has 2 aliphatic rings. The van der Waals surface area contributed by atoms with Crippen molar-refractivity contribution in [1.82, 2.24) is 30.0 Å². The van der Waals surface area contributed by atoms with Gasteiger partial charge in [0.15, 0.2) is 5.82 Å². The maximum Gasteiger partial charge on any atom is 0.173 e. The predicted octanol–water partition coefficient (Wildman–Crippen LogP) is 4.13. The molecule has 0 radical (unpaired) electrons. The topological polar surface area (TPSA) is 68.5 Å². The average Bonchev–Trinajstić information content (AvgIpc) is 3.58. The maximum absolute atomic E-state index is 5.81. The number of tetrazole rings is 1. The standard InChI is InChI=1S/C26H34N6O2.ClH/c1-33-22-12-13-24(34-2)23(18-22)25(26-27-28-29-32(26)21-10-6-7-11-21)31-16-14-30(15-17-31)19-20-8-4-3-5-9-20;/h3-5,8-9,12-13,18,21,25H,6-7,10-11,14-17,19H2,1-2H3;1H. The van der Waals surface area contributed by atoms with Crippen molar-refractivity contribution in [2.24, 2.45) is 0 Å². The Balaban J connectivity index is 0.00000289. The first kappa shape index (κ1) is 25.4. The lowest BCUT2D eigenvalue weighted by atomic mass is 10.0. The van der Waals surface area contributed by atoms with Gasteiger partial charge in [0.05, 0.1) is 20.3 Å². The molecule has 5 rings (SSSR count). The SMILES string of the molecule is COc1ccc(OC)c(C(c2nnnn2C2CCCC2)N2CCN(Cc3ccccc3)CC2)c1.Cl. The van der Waals surface area contributed by atoms with Crippen molar-refractivity contribution >= 4 is 12.4 Å². The summed E-state index contributed by atoms with van der Waals surface area (Å²) in [4.78, 5) is 5.02. The van der Waals surface area contributed by atoms with Gasteiger partial charge in [-0.25, -0.2) is 4.68 Å². The molecule has 1 saturated heterocycles. The zero-order valence-corrected chi connectivity index (χ0v) is 21.4. The van der Waals surface area contributed by atoms with E-state index in [4.69, 9.17) is 9.47 Å². The normalized spacial score (nSPS) is 18.2. The number of piperazine rings is 1. The molecule has 0 amide bonds. The number of nitrogens with zero attached hydrogens (tertiary/aromatic N) is 6. The molecule has 1 saturated carbocycles. The molecule has 1 atom stereocenters. The Labute approximate surface area is 213 Å². The van der Waals surface area contributed by atoms with Gasteiger partial charge < -0.3 is 9.47 Å². The smallest absolute Gasteiger partial charge is 0.173 e. The second kappa shape index (κ2) is 11.8. The molecule has 1 unspecified atom stereocenters. The van der Waals surface area contributed by atoms with Crippen LogP contribution in [0.4, 0.5) is 0 Å². The summed E-state index contributed by atoms with van der Waals surface area (Å²) in [5, 5.41) is 13.2. The van der Waals surface area contributed by atoms with Crippen LogP contribution < -0.4 is 9.47 Å². The van der Waals surface area contributed by atoms with E-state index in [1.807, 2.05) is 12.1 Å². The van der Waals surface area contributed by atoms with Gasteiger partial charge >= 0.3 is 0 Å². The van der Waals surface area contributed by atoms with Gasteiger partial charge in [0.2, 0.25) is 0 Å². The summed E-state index contributed by atoms with van der Waals surface area (Å²) in [5.41, 5.74) is 2.40. The van der Waals surface area contributed by atoms with Gasteiger partial charge in [-0.3, -0.25) is 9.80 Å². The monoisotopic (exact) mass is 498 g/mol. The van der Waals surface area contributed by atoms with Crippen LogP contribution in [0.15, 0.2) is 48.5 Å². The fourth-order valence-electron chi connectivity index (χ4n) is 5.36. The second-order valence-corrected chi connectivity index (χ2v) is 9.23. The van der Waals surface area contributed by atoms with Crippen LogP contribution in [-0.2, 0) is 6.54 Å². The molecule has 1 aromatic heterocycles. The Morgan fingerprint density at radius 1 is 0.943 bits per heavy atom. The van der Waals surface area contributed by atoms with E-state index in [9.17, 15) is 0 Å². The summed E-state index contributed by atoms with van der Waals surface area (Å²) < 4.78 is 13.5. The molecule has 35 heavy (non-hydrogen) atoms. The van der Waals surface area contributed by atoms with Crippen molar-refractivity contribution in [1.29, 1.82) is 0 Å². The quantitative estimate of drug-likeness (QED) is 0.462. The van der Waals surface area contributed by atoms with Gasteiger partial charge in [0.1, 0.15) is 17.5 Å². The highest BCUT2D eigenvalue weighted by molar-refractivity contribution is 5.85. The van der Waals surface area contributed by atoms with Crippen molar-refractivity contribution in [2.75, 3.05) is 40.4 Å². The van der Waals surface area contributed by atoms with Gasteiger partial charge in [-0.1, -0.05) is 43.2 Å². The number of hydrogen-bond acceptors (Lipinski definition) is 7. The van der Waals surface area contributed by atoms with Crippen LogP contribution in [-0.4, -0.2) is 70.4 Å². The third kappa shape index (κ3) is 5.60. The number of ether oxygens (including phenoxy) is 2. The van der Waals surface area contributed by atoms with Crippen molar-refractivity contribution in [3.63, 3.8) is 0 Å². The molecule has 9 heteroatoms.